The van der Waals surface area contributed by atoms with Gasteiger partial charge in [-0.05, 0) is 19.1 Å². The summed E-state index contributed by atoms with van der Waals surface area (Å²) in [7, 11) is 0. The first-order chi connectivity index (χ1) is 4.93. The van der Waals surface area contributed by atoms with Gasteiger partial charge in [0.15, 0.2) is 0 Å². The van der Waals surface area contributed by atoms with Gasteiger partial charge in [0.05, 0.1) is 0 Å². The summed E-state index contributed by atoms with van der Waals surface area (Å²) in [5.41, 5.74) is 0.802. The van der Waals surface area contributed by atoms with E-state index in [9.17, 15) is 4.79 Å². The van der Waals surface area contributed by atoms with Crippen LogP contribution in [0.4, 0.5) is 0 Å². The van der Waals surface area contributed by atoms with Gasteiger partial charge in [-0.25, -0.2) is 6.08 Å². The Morgan fingerprint density at radius 3 is 2.91 bits per heavy atom. The number of hydrogen-bond donors (Lipinski definition) is 0. The van der Waals surface area contributed by atoms with E-state index >= 15 is 0 Å². The molecule has 0 fully saturated rings. The molecule has 0 aromatic carbocycles. The van der Waals surface area contributed by atoms with Gasteiger partial charge in [-0.3, -0.25) is 0 Å². The maximum atomic E-state index is 10.2. The van der Waals surface area contributed by atoms with Crippen molar-refractivity contribution in [3.63, 3.8) is 0 Å². The fraction of sp³-hybridized carbons (Fsp3) is 0.444. The van der Waals surface area contributed by atoms with Gasteiger partial charge in [-0.2, -0.15) is 5.57 Å². The zero-order valence-electron chi connectivity index (χ0n) is 6.32. The van der Waals surface area contributed by atoms with Crippen molar-refractivity contribution in [1.29, 1.82) is 0 Å². The fourth-order valence-electron chi connectivity index (χ4n) is 1.03. The predicted molar refractivity (Wildman–Crippen MR) is 41.4 cm³/mol. The molecule has 0 saturated heterocycles. The Morgan fingerprint density at radius 1 is 1.36 bits per heavy atom. The predicted octanol–water partition coefficient (Wildman–Crippen LogP) is 2.15. The Labute approximate surface area is 80.3 Å². The Morgan fingerprint density at radius 2 is 2.18 bits per heavy atom. The molecule has 1 aliphatic carbocycles. The summed E-state index contributed by atoms with van der Waals surface area (Å²) < 4.78 is 0. The Kier molecular flexibility index (Phi) is 6.35. The molecule has 2 heteroatoms. The van der Waals surface area contributed by atoms with E-state index in [1.807, 2.05) is 18.4 Å². The molecule has 0 bridgehead atoms. The molecule has 1 nitrogen and oxygen atoms in total. The molecule has 61 valence electrons. The third-order valence-corrected chi connectivity index (χ3v) is 1.63. The van der Waals surface area contributed by atoms with Gasteiger partial charge in [0.25, 0.3) is 0 Å². The van der Waals surface area contributed by atoms with E-state index in [4.69, 9.17) is 0 Å². The van der Waals surface area contributed by atoms with Crippen LogP contribution in [0.25, 0.3) is 0 Å². The van der Waals surface area contributed by atoms with Crippen LogP contribution in [0.2, 0.25) is 0 Å². The Bertz CT molecular complexity index is 170. The molecule has 0 aliphatic heterocycles. The number of hydrogen-bond acceptors (Lipinski definition) is 1. The molecule has 0 saturated carbocycles. The van der Waals surface area contributed by atoms with Crippen molar-refractivity contribution in [2.75, 3.05) is 0 Å². The summed E-state index contributed by atoms with van der Waals surface area (Å²) >= 11 is 0. The van der Waals surface area contributed by atoms with Gasteiger partial charge in [-0.1, -0.05) is 12.8 Å². The Balaban J connectivity index is 0.000001000. The Hall–Kier alpha value is -0.227. The number of rotatable bonds is 1. The largest absolute Gasteiger partial charge is 1.00 e. The average molecular weight is 236 g/mol. The summed E-state index contributed by atoms with van der Waals surface area (Å²) in [5.74, 6) is 0. The number of carbonyl (C=O) groups excluding carboxylic acids is 1. The van der Waals surface area contributed by atoms with Gasteiger partial charge in [0, 0.05) is 0 Å². The first-order valence-corrected chi connectivity index (χ1v) is 3.67. The minimum absolute atomic E-state index is 0. The third kappa shape index (κ3) is 4.26. The van der Waals surface area contributed by atoms with Crippen LogP contribution in [0.3, 0.4) is 0 Å². The fourth-order valence-corrected chi connectivity index (χ4v) is 1.03. The molecule has 1 radical (unpaired) electrons. The van der Waals surface area contributed by atoms with E-state index in [0.717, 1.165) is 24.8 Å². The van der Waals surface area contributed by atoms with Crippen molar-refractivity contribution in [3.05, 3.63) is 23.8 Å². The second-order valence-corrected chi connectivity index (χ2v) is 2.47. The van der Waals surface area contributed by atoms with Crippen LogP contribution in [-0.4, -0.2) is 6.29 Å². The minimum Gasteiger partial charge on any atom is -0.419 e. The summed E-state index contributed by atoms with van der Waals surface area (Å²) in [6.07, 6.45) is 12.2. The van der Waals surface area contributed by atoms with Gasteiger partial charge < -0.3 is 4.79 Å². The van der Waals surface area contributed by atoms with Crippen molar-refractivity contribution in [2.24, 2.45) is 0 Å². The van der Waals surface area contributed by atoms with Crippen molar-refractivity contribution in [2.45, 2.75) is 25.7 Å². The van der Waals surface area contributed by atoms with Crippen LogP contribution in [0.15, 0.2) is 23.8 Å². The molecule has 0 spiro atoms. The first-order valence-electron chi connectivity index (χ1n) is 3.67. The second-order valence-electron chi connectivity index (χ2n) is 2.47. The minimum atomic E-state index is 0. The molecule has 0 heterocycles. The maximum Gasteiger partial charge on any atom is 1.00 e. The monoisotopic (exact) mass is 237 g/mol. The molecule has 0 unspecified atom stereocenters. The summed E-state index contributed by atoms with van der Waals surface area (Å²) in [6, 6.07) is 0. The molecular weight excluding hydrogens is 225 g/mol. The molecular formula is C9H11ORu. The maximum absolute atomic E-state index is 10.2. The van der Waals surface area contributed by atoms with Crippen molar-refractivity contribution in [1.82, 2.24) is 0 Å². The SMILES string of the molecule is O=[C-]C1=CC=CCCCC1.[Ru+]. The molecule has 0 atom stereocenters. The van der Waals surface area contributed by atoms with Crippen LogP contribution in [-0.2, 0) is 24.3 Å². The van der Waals surface area contributed by atoms with Crippen molar-refractivity contribution in [3.8, 4) is 0 Å². The average Bonchev–Trinajstić information content (AvgIpc) is 1.87. The quantitative estimate of drug-likeness (QED) is 0.503. The zero-order chi connectivity index (χ0) is 7.23. The summed E-state index contributed by atoms with van der Waals surface area (Å²) in [6.45, 7) is 0. The molecule has 0 amide bonds. The molecule has 0 N–H and O–H groups in total. The molecule has 1 rings (SSSR count). The van der Waals surface area contributed by atoms with Gasteiger partial charge in [-0.15, -0.1) is 12.2 Å². The molecule has 0 aromatic rings. The van der Waals surface area contributed by atoms with Crippen LogP contribution < -0.4 is 0 Å². The van der Waals surface area contributed by atoms with Gasteiger partial charge in [0.2, 0.25) is 0 Å². The van der Waals surface area contributed by atoms with Crippen LogP contribution >= 0.6 is 0 Å². The first kappa shape index (κ1) is 10.8. The van der Waals surface area contributed by atoms with Gasteiger partial charge in [0.1, 0.15) is 0 Å². The van der Waals surface area contributed by atoms with E-state index in [0.29, 0.717) is 0 Å². The molecule has 1 aliphatic rings. The van der Waals surface area contributed by atoms with E-state index in [1.54, 1.807) is 0 Å². The van der Waals surface area contributed by atoms with Crippen LogP contribution in [0, 0.1) is 0 Å². The smallest absolute Gasteiger partial charge is 0.419 e. The van der Waals surface area contributed by atoms with Crippen molar-refractivity contribution >= 4 is 6.29 Å². The van der Waals surface area contributed by atoms with Crippen LogP contribution in [0.1, 0.15) is 25.7 Å². The van der Waals surface area contributed by atoms with E-state index in [-0.39, 0.29) is 19.5 Å². The summed E-state index contributed by atoms with van der Waals surface area (Å²) in [5, 5.41) is 0. The van der Waals surface area contributed by atoms with E-state index in [2.05, 4.69) is 6.08 Å². The van der Waals surface area contributed by atoms with Crippen LogP contribution in [0.5, 0.6) is 0 Å². The standard InChI is InChI=1S/C9H11O.Ru/c10-8-9-6-4-2-1-3-5-7-9;/h2,4,6H,1,3,5,7H2;/q-1;+1. The van der Waals surface area contributed by atoms with E-state index in [1.165, 1.54) is 6.42 Å². The van der Waals surface area contributed by atoms with Crippen molar-refractivity contribution < 1.29 is 24.3 Å². The topological polar surface area (TPSA) is 17.1 Å². The summed E-state index contributed by atoms with van der Waals surface area (Å²) in [4.78, 5) is 10.2. The normalized spacial score (nSPS) is 17.3. The zero-order valence-corrected chi connectivity index (χ0v) is 8.06. The molecule has 0 aromatic heterocycles. The van der Waals surface area contributed by atoms with E-state index < -0.39 is 0 Å². The second kappa shape index (κ2) is 6.48. The molecule has 11 heavy (non-hydrogen) atoms. The third-order valence-electron chi connectivity index (χ3n) is 1.63. The number of allylic oxidation sites excluding steroid dienone is 4. The van der Waals surface area contributed by atoms with Gasteiger partial charge >= 0.3 is 19.5 Å².